The lowest BCUT2D eigenvalue weighted by Crippen LogP contribution is -2.07. The van der Waals surface area contributed by atoms with E-state index < -0.39 is 5.97 Å². The molecule has 1 aliphatic carbocycles. The van der Waals surface area contributed by atoms with Crippen molar-refractivity contribution in [3.05, 3.63) is 29.6 Å². The van der Waals surface area contributed by atoms with E-state index in [1.165, 1.54) is 0 Å². The molecule has 0 saturated heterocycles. The van der Waals surface area contributed by atoms with Gasteiger partial charge < -0.3 is 9.67 Å². The summed E-state index contributed by atoms with van der Waals surface area (Å²) >= 11 is 0. The van der Waals surface area contributed by atoms with Crippen molar-refractivity contribution in [2.45, 2.75) is 46.1 Å². The van der Waals surface area contributed by atoms with E-state index in [0.29, 0.717) is 22.9 Å². The predicted octanol–water partition coefficient (Wildman–Crippen LogP) is 3.83. The summed E-state index contributed by atoms with van der Waals surface area (Å²) in [6, 6.07) is 5.71. The molecular formula is C16H20N2O2. The number of carbonyl (C=O) groups is 1. The number of aromatic carboxylic acids is 1. The molecule has 1 aromatic heterocycles. The van der Waals surface area contributed by atoms with Crippen molar-refractivity contribution in [1.29, 1.82) is 0 Å². The summed E-state index contributed by atoms with van der Waals surface area (Å²) in [5, 5.41) is 9.10. The molecule has 1 aromatic carbocycles. The number of hydrogen-bond acceptors (Lipinski definition) is 2. The van der Waals surface area contributed by atoms with E-state index in [0.717, 1.165) is 23.3 Å². The van der Waals surface area contributed by atoms with Crippen LogP contribution in [0.3, 0.4) is 0 Å². The lowest BCUT2D eigenvalue weighted by Gasteiger charge is -2.13. The normalized spacial score (nSPS) is 20.6. The first-order valence-electron chi connectivity index (χ1n) is 7.06. The Bertz CT molecular complexity index is 698. The van der Waals surface area contributed by atoms with E-state index >= 15 is 0 Å². The average Bonchev–Trinajstić information content (AvgIpc) is 2.84. The third-order valence-electron chi connectivity index (χ3n) is 4.25. The van der Waals surface area contributed by atoms with Crippen LogP contribution in [-0.4, -0.2) is 20.6 Å². The van der Waals surface area contributed by atoms with Gasteiger partial charge in [-0.2, -0.15) is 0 Å². The summed E-state index contributed by atoms with van der Waals surface area (Å²) in [4.78, 5) is 15.8. The van der Waals surface area contributed by atoms with Crippen molar-refractivity contribution in [1.82, 2.24) is 9.55 Å². The maximum absolute atomic E-state index is 11.1. The van der Waals surface area contributed by atoms with Crippen molar-refractivity contribution in [2.24, 2.45) is 5.41 Å². The van der Waals surface area contributed by atoms with Gasteiger partial charge in [-0.25, -0.2) is 9.78 Å². The van der Waals surface area contributed by atoms with Gasteiger partial charge in [0.2, 0.25) is 0 Å². The molecule has 0 bridgehead atoms. The average molecular weight is 272 g/mol. The Labute approximate surface area is 118 Å². The lowest BCUT2D eigenvalue weighted by atomic mass is 10.1. The molecule has 106 valence electrons. The van der Waals surface area contributed by atoms with E-state index in [4.69, 9.17) is 5.11 Å². The fourth-order valence-corrected chi connectivity index (χ4v) is 2.87. The molecule has 0 aliphatic heterocycles. The number of fused-ring (bicyclic) bond motifs is 1. The largest absolute Gasteiger partial charge is 0.478 e. The zero-order valence-electron chi connectivity index (χ0n) is 12.3. The fourth-order valence-electron chi connectivity index (χ4n) is 2.87. The molecule has 1 fully saturated rings. The topological polar surface area (TPSA) is 55.1 Å². The van der Waals surface area contributed by atoms with E-state index in [-0.39, 0.29) is 0 Å². The number of aromatic nitrogens is 2. The number of carboxylic acids is 1. The standard InChI is InChI=1S/C16H20N2O2/c1-9(2)14-17-11-7-10(15(19)20)5-6-12(11)18(14)13-8-16(13,3)4/h5-7,9,13H,8H2,1-4H3,(H,19,20). The molecule has 20 heavy (non-hydrogen) atoms. The molecule has 0 radical (unpaired) electrons. The summed E-state index contributed by atoms with van der Waals surface area (Å²) in [7, 11) is 0. The second kappa shape index (κ2) is 4.08. The van der Waals surface area contributed by atoms with Crippen molar-refractivity contribution in [2.75, 3.05) is 0 Å². The minimum absolute atomic E-state index is 0.299. The molecule has 1 saturated carbocycles. The Morgan fingerprint density at radius 1 is 1.45 bits per heavy atom. The molecule has 2 aromatic rings. The lowest BCUT2D eigenvalue weighted by molar-refractivity contribution is 0.0697. The number of rotatable bonds is 3. The number of imidazole rings is 1. The highest BCUT2D eigenvalue weighted by Crippen LogP contribution is 2.57. The Hall–Kier alpha value is -1.84. The maximum Gasteiger partial charge on any atom is 0.335 e. The van der Waals surface area contributed by atoms with E-state index in [2.05, 4.69) is 37.2 Å². The van der Waals surface area contributed by atoms with Crippen molar-refractivity contribution < 1.29 is 9.90 Å². The summed E-state index contributed by atoms with van der Waals surface area (Å²) in [6.07, 6.45) is 1.15. The second-order valence-corrected chi connectivity index (χ2v) is 6.71. The van der Waals surface area contributed by atoms with Crippen LogP contribution in [0.15, 0.2) is 18.2 Å². The van der Waals surface area contributed by atoms with Crippen LogP contribution >= 0.6 is 0 Å². The van der Waals surface area contributed by atoms with Gasteiger partial charge in [-0.05, 0) is 30.0 Å². The van der Waals surface area contributed by atoms with Crippen LogP contribution in [0.25, 0.3) is 11.0 Å². The van der Waals surface area contributed by atoms with Crippen molar-refractivity contribution >= 4 is 17.0 Å². The number of hydrogen-bond donors (Lipinski definition) is 1. The Kier molecular flexibility index (Phi) is 2.68. The molecule has 1 unspecified atom stereocenters. The van der Waals surface area contributed by atoms with Gasteiger partial charge in [0.25, 0.3) is 0 Å². The van der Waals surface area contributed by atoms with Crippen molar-refractivity contribution in [3.8, 4) is 0 Å². The molecule has 1 aliphatic rings. The van der Waals surface area contributed by atoms with Crippen LogP contribution in [-0.2, 0) is 0 Å². The first-order chi connectivity index (χ1) is 9.31. The quantitative estimate of drug-likeness (QED) is 0.923. The van der Waals surface area contributed by atoms with E-state index in [9.17, 15) is 4.79 Å². The van der Waals surface area contributed by atoms with Gasteiger partial charge in [-0.3, -0.25) is 0 Å². The summed E-state index contributed by atoms with van der Waals surface area (Å²) in [5.41, 5.74) is 2.45. The summed E-state index contributed by atoms with van der Waals surface area (Å²) < 4.78 is 2.31. The van der Waals surface area contributed by atoms with E-state index in [1.807, 2.05) is 6.07 Å². The van der Waals surface area contributed by atoms with Crippen LogP contribution in [0.4, 0.5) is 0 Å². The minimum atomic E-state index is -0.903. The molecule has 3 rings (SSSR count). The Balaban J connectivity index is 2.21. The minimum Gasteiger partial charge on any atom is -0.478 e. The Morgan fingerprint density at radius 2 is 2.10 bits per heavy atom. The molecular weight excluding hydrogens is 252 g/mol. The maximum atomic E-state index is 11.1. The highest BCUT2D eigenvalue weighted by Gasteiger charge is 2.48. The van der Waals surface area contributed by atoms with E-state index in [1.54, 1.807) is 12.1 Å². The molecule has 0 spiro atoms. The summed E-state index contributed by atoms with van der Waals surface area (Å²) in [5.74, 6) is 0.476. The highest BCUT2D eigenvalue weighted by atomic mass is 16.4. The molecule has 1 heterocycles. The van der Waals surface area contributed by atoms with Crippen LogP contribution < -0.4 is 0 Å². The van der Waals surface area contributed by atoms with Crippen LogP contribution in [0.5, 0.6) is 0 Å². The monoisotopic (exact) mass is 272 g/mol. The fraction of sp³-hybridized carbons (Fsp3) is 0.500. The molecule has 4 heteroatoms. The molecule has 1 N–H and O–H groups in total. The third kappa shape index (κ3) is 1.90. The van der Waals surface area contributed by atoms with Gasteiger partial charge in [0, 0.05) is 12.0 Å². The van der Waals surface area contributed by atoms with Gasteiger partial charge in [0.15, 0.2) is 0 Å². The SMILES string of the molecule is CC(C)c1nc2cc(C(=O)O)ccc2n1C1CC1(C)C. The Morgan fingerprint density at radius 3 is 2.60 bits per heavy atom. The number of benzene rings is 1. The zero-order chi connectivity index (χ0) is 14.7. The predicted molar refractivity (Wildman–Crippen MR) is 78.2 cm³/mol. The van der Waals surface area contributed by atoms with Crippen LogP contribution in [0.2, 0.25) is 0 Å². The first-order valence-corrected chi connectivity index (χ1v) is 7.06. The highest BCUT2D eigenvalue weighted by molar-refractivity contribution is 5.92. The van der Waals surface area contributed by atoms with Gasteiger partial charge >= 0.3 is 5.97 Å². The van der Waals surface area contributed by atoms with Gasteiger partial charge in [0.05, 0.1) is 16.6 Å². The second-order valence-electron chi connectivity index (χ2n) is 6.71. The molecule has 1 atom stereocenters. The van der Waals surface area contributed by atoms with Gasteiger partial charge in [-0.1, -0.05) is 27.7 Å². The molecule has 4 nitrogen and oxygen atoms in total. The molecule has 0 amide bonds. The first kappa shape index (κ1) is 13.2. The van der Waals surface area contributed by atoms with Crippen molar-refractivity contribution in [3.63, 3.8) is 0 Å². The van der Waals surface area contributed by atoms with Crippen LogP contribution in [0, 0.1) is 5.41 Å². The smallest absolute Gasteiger partial charge is 0.335 e. The van der Waals surface area contributed by atoms with Gasteiger partial charge in [-0.15, -0.1) is 0 Å². The van der Waals surface area contributed by atoms with Gasteiger partial charge in [0.1, 0.15) is 5.82 Å². The third-order valence-corrected chi connectivity index (χ3v) is 4.25. The summed E-state index contributed by atoms with van der Waals surface area (Å²) in [6.45, 7) is 8.79. The zero-order valence-corrected chi connectivity index (χ0v) is 12.3. The number of nitrogens with zero attached hydrogens (tertiary/aromatic N) is 2. The van der Waals surface area contributed by atoms with Crippen LogP contribution in [0.1, 0.15) is 62.3 Å². The number of carboxylic acid groups (broad SMARTS) is 1.